The van der Waals surface area contributed by atoms with Crippen molar-refractivity contribution in [2.24, 2.45) is 0 Å². The van der Waals surface area contributed by atoms with Crippen molar-refractivity contribution in [1.82, 2.24) is 0 Å². The Kier molecular flexibility index (Phi) is 26.7. The molecule has 0 saturated heterocycles. The van der Waals surface area contributed by atoms with E-state index in [1.165, 1.54) is 0 Å². The molecule has 0 unspecified atom stereocenters. The zero-order valence-electron chi connectivity index (χ0n) is 6.34. The zero-order chi connectivity index (χ0) is 9.00. The maximum atomic E-state index is 8.58. The van der Waals surface area contributed by atoms with Crippen LogP contribution in [0.3, 0.4) is 0 Å². The van der Waals surface area contributed by atoms with Crippen molar-refractivity contribution in [3.05, 3.63) is 0 Å². The van der Waals surface area contributed by atoms with Crippen LogP contribution in [0.5, 0.6) is 0 Å². The third-order valence-electron chi connectivity index (χ3n) is 0. The van der Waals surface area contributed by atoms with Crippen LogP contribution in [-0.4, -0.2) is 0 Å². The van der Waals surface area contributed by atoms with E-state index in [-0.39, 0.29) is 54.2 Å². The van der Waals surface area contributed by atoms with Gasteiger partial charge in [0.15, 0.2) is 0 Å². The summed E-state index contributed by atoms with van der Waals surface area (Å²) >= 11 is -11.2. The third-order valence-corrected chi connectivity index (χ3v) is 0. The van der Waals surface area contributed by atoms with Crippen molar-refractivity contribution in [2.45, 2.75) is 0 Å². The molecule has 0 amide bonds. The van der Waals surface area contributed by atoms with Gasteiger partial charge < -0.3 is 0 Å². The van der Waals surface area contributed by atoms with Crippen LogP contribution in [0.15, 0.2) is 0 Å². The topological polar surface area (TPSA) is 161 Å². The van der Waals surface area contributed by atoms with E-state index in [0.717, 1.165) is 0 Å². The van der Waals surface area contributed by atoms with E-state index in [2.05, 4.69) is 0 Å². The minimum absolute atomic E-state index is 0. The van der Waals surface area contributed by atoms with Gasteiger partial charge in [-0.15, -0.1) is 0 Å². The summed E-state index contributed by atoms with van der Waals surface area (Å²) in [5.74, 6) is 0. The van der Waals surface area contributed by atoms with E-state index >= 15 is 0 Å². The van der Waals surface area contributed by atoms with Crippen LogP contribution < -0.4 is 54.5 Å². The molecular weight excluding hydrogens is 310 g/mol. The molecule has 0 fully saturated rings. The summed E-state index contributed by atoms with van der Waals surface area (Å²) in [6, 6.07) is 0. The van der Waals surface area contributed by atoms with Crippen LogP contribution in [0.1, 0.15) is 0 Å². The molecule has 0 saturated carbocycles. The summed E-state index contributed by atoms with van der Waals surface area (Å²) in [4.78, 5) is 0. The Bertz CT molecular complexity index is 217. The van der Waals surface area contributed by atoms with Crippen LogP contribution in [0, 0.1) is 0 Å². The minimum atomic E-state index is -5.62. The molecule has 0 radical (unpaired) electrons. The molecule has 0 aliphatic rings. The summed E-state index contributed by atoms with van der Waals surface area (Å²) in [5, 5.41) is 0. The SMILES string of the molecule is [Li+].[Li+].[Ni+2].[O]=[Mn](=[O])([O-])[O-].[O]=[Mn](=[O])([O-])[O-]. The molecule has 0 aliphatic heterocycles. The summed E-state index contributed by atoms with van der Waals surface area (Å²) in [6.07, 6.45) is 0. The first-order valence-corrected chi connectivity index (χ1v) is 5.09. The number of hydrogen-bond acceptors (Lipinski definition) is 8. The van der Waals surface area contributed by atoms with E-state index in [4.69, 9.17) is 32.1 Å². The van der Waals surface area contributed by atoms with Gasteiger partial charge in [0.05, 0.1) is 0 Å². The van der Waals surface area contributed by atoms with E-state index in [1.807, 2.05) is 0 Å². The molecule has 74 valence electrons. The molecule has 0 rings (SSSR count). The average Bonchev–Trinajstić information content (AvgIpc) is 1.12. The van der Waals surface area contributed by atoms with Crippen LogP contribution in [0.2, 0.25) is 0 Å². The van der Waals surface area contributed by atoms with Crippen molar-refractivity contribution in [3.63, 3.8) is 0 Å². The Hall–Kier alpha value is 1.77. The van der Waals surface area contributed by atoms with Crippen LogP contribution in [-0.2, 0) is 58.6 Å². The van der Waals surface area contributed by atoms with Gasteiger partial charge in [-0.2, -0.15) is 0 Å². The first-order valence-electron chi connectivity index (χ1n) is 1.23. The van der Waals surface area contributed by atoms with Crippen LogP contribution >= 0.6 is 0 Å². The van der Waals surface area contributed by atoms with E-state index in [9.17, 15) is 0 Å². The van der Waals surface area contributed by atoms with Gasteiger partial charge in [0.1, 0.15) is 0 Å². The standard InChI is InChI=1S/2Li.2Mn.Ni.8O/q2*+1;;;+2;;;;;4*-1. The van der Waals surface area contributed by atoms with Gasteiger partial charge in [-0.05, 0) is 0 Å². The van der Waals surface area contributed by atoms with Gasteiger partial charge >= 0.3 is 113 Å². The molecule has 0 aromatic heterocycles. The summed E-state index contributed by atoms with van der Waals surface area (Å²) < 4.78 is 68.6. The maximum absolute atomic E-state index is 8.58. The second kappa shape index (κ2) is 11.8. The van der Waals surface area contributed by atoms with Gasteiger partial charge in [0.2, 0.25) is 0 Å². The zero-order valence-corrected chi connectivity index (χ0v) is 9.69. The van der Waals surface area contributed by atoms with Crippen molar-refractivity contribution in [2.75, 3.05) is 0 Å². The second-order valence-corrected chi connectivity index (χ2v) is 3.12. The van der Waals surface area contributed by atoms with Crippen molar-refractivity contribution >= 4 is 0 Å². The monoisotopic (exact) mass is 310 g/mol. The molecule has 0 aliphatic carbocycles. The predicted molar refractivity (Wildman–Crippen MR) is 2.75 cm³/mol. The Balaban J connectivity index is -0.0000000267. The molecule has 0 aromatic rings. The Morgan fingerprint density at radius 3 is 0.615 bits per heavy atom. The van der Waals surface area contributed by atoms with Crippen molar-refractivity contribution in [1.29, 1.82) is 0 Å². The average molecular weight is 310 g/mol. The molecule has 13 heavy (non-hydrogen) atoms. The first kappa shape index (κ1) is 29.3. The van der Waals surface area contributed by atoms with Gasteiger partial charge in [-0.25, -0.2) is 0 Å². The Morgan fingerprint density at radius 1 is 0.615 bits per heavy atom. The van der Waals surface area contributed by atoms with Gasteiger partial charge in [0, 0.05) is 0 Å². The van der Waals surface area contributed by atoms with Gasteiger partial charge in [0.25, 0.3) is 0 Å². The molecule has 8 nitrogen and oxygen atoms in total. The first-order chi connectivity index (χ1) is 4.00. The fraction of sp³-hybridized carbons (Fsp3) is 0. The molecular formula is Li2Mn2NiO8. The summed E-state index contributed by atoms with van der Waals surface area (Å²) in [6.45, 7) is 0. The summed E-state index contributed by atoms with van der Waals surface area (Å²) in [5.41, 5.74) is 0. The normalized spacial score (nSPS) is 8.92. The number of hydrogen-bond donors (Lipinski definition) is 0. The van der Waals surface area contributed by atoms with E-state index in [1.54, 1.807) is 0 Å². The quantitative estimate of drug-likeness (QED) is 0.398. The molecule has 0 bridgehead atoms. The van der Waals surface area contributed by atoms with Gasteiger partial charge in [-0.3, -0.25) is 0 Å². The molecule has 0 spiro atoms. The van der Waals surface area contributed by atoms with Crippen LogP contribution in [0.25, 0.3) is 0 Å². The third kappa shape index (κ3) is 610. The van der Waals surface area contributed by atoms with Gasteiger partial charge in [-0.1, -0.05) is 0 Å². The number of rotatable bonds is 0. The van der Waals surface area contributed by atoms with E-state index in [0.29, 0.717) is 0 Å². The molecule has 0 N–H and O–H groups in total. The molecule has 13 heteroatoms. The Labute approximate surface area is 112 Å². The van der Waals surface area contributed by atoms with Crippen LogP contribution in [0.4, 0.5) is 0 Å². The molecule has 0 heterocycles. The predicted octanol–water partition coefficient (Wildman–Crippen LogP) is -11.2. The molecule has 0 aromatic carbocycles. The molecule has 0 atom stereocenters. The van der Waals surface area contributed by atoms with E-state index < -0.39 is 26.7 Å². The fourth-order valence-electron chi connectivity index (χ4n) is 0. The second-order valence-electron chi connectivity index (χ2n) is 0.756. The van der Waals surface area contributed by atoms with Crippen molar-refractivity contribution < 1.29 is 113 Å². The Morgan fingerprint density at radius 2 is 0.615 bits per heavy atom. The fourth-order valence-corrected chi connectivity index (χ4v) is 0. The van der Waals surface area contributed by atoms with Crippen molar-refractivity contribution in [3.8, 4) is 0 Å². The summed E-state index contributed by atoms with van der Waals surface area (Å²) in [7, 11) is 0.